The quantitative estimate of drug-likeness (QED) is 0.166. The largest absolute Gasteiger partial charge is 0.454 e. The highest BCUT2D eigenvalue weighted by Crippen LogP contribution is 2.51. The molecule has 7 nitrogen and oxygen atoms in total. The molecule has 18 aromatic rings. The Bertz CT molecular complexity index is 5860. The molecule has 85 heavy (non-hydrogen) atoms. The summed E-state index contributed by atoms with van der Waals surface area (Å²) in [5, 5.41) is 38.2. The van der Waals surface area contributed by atoms with Gasteiger partial charge in [-0.15, -0.1) is 0 Å². The highest BCUT2D eigenvalue weighted by molar-refractivity contribution is 6.23. The number of aromatic nitrogens is 4. The summed E-state index contributed by atoms with van der Waals surface area (Å²) >= 11 is 0. The Morgan fingerprint density at radius 3 is 1.15 bits per heavy atom. The summed E-state index contributed by atoms with van der Waals surface area (Å²) in [6.45, 7) is 0. The average molecular weight is 1080 g/mol. The van der Waals surface area contributed by atoms with E-state index in [4.69, 9.17) is 4.42 Å². The Labute approximate surface area is 485 Å². The van der Waals surface area contributed by atoms with Crippen molar-refractivity contribution in [1.82, 2.24) is 18.3 Å². The van der Waals surface area contributed by atoms with Crippen LogP contribution in [0.15, 0.2) is 271 Å². The molecule has 0 N–H and O–H groups in total. The molecule has 18 rings (SSSR count). The summed E-state index contributed by atoms with van der Waals surface area (Å²) in [5.41, 5.74) is 15.9. The number of furan rings is 1. The van der Waals surface area contributed by atoms with Crippen molar-refractivity contribution in [3.63, 3.8) is 0 Å². The summed E-state index contributed by atoms with van der Waals surface area (Å²) in [5.74, 6) is 0. The molecule has 0 saturated carbocycles. The van der Waals surface area contributed by atoms with Gasteiger partial charge in [0.05, 0.1) is 66.9 Å². The Balaban J connectivity index is 1.09. The van der Waals surface area contributed by atoms with Crippen molar-refractivity contribution in [1.29, 1.82) is 10.5 Å². The maximum Gasteiger partial charge on any atom is 0.160 e. The minimum absolute atomic E-state index is 0.372. The van der Waals surface area contributed by atoms with Gasteiger partial charge in [0.2, 0.25) is 0 Å². The van der Waals surface area contributed by atoms with Crippen molar-refractivity contribution in [3.8, 4) is 57.1 Å². The van der Waals surface area contributed by atoms with Gasteiger partial charge < -0.3 is 22.7 Å². The fraction of sp³-hybridized carbons (Fsp3) is 0. The molecule has 5 aromatic heterocycles. The van der Waals surface area contributed by atoms with Crippen LogP contribution in [0.2, 0.25) is 0 Å². The third-order valence-electron chi connectivity index (χ3n) is 17.8. The fourth-order valence-electron chi connectivity index (χ4n) is 14.4. The van der Waals surface area contributed by atoms with Crippen molar-refractivity contribution in [2.75, 3.05) is 0 Å². The van der Waals surface area contributed by atoms with Crippen LogP contribution in [-0.4, -0.2) is 18.3 Å². The van der Waals surface area contributed by atoms with Gasteiger partial charge in [0.15, 0.2) is 5.58 Å². The summed E-state index contributed by atoms with van der Waals surface area (Å²) in [6.07, 6.45) is 0. The van der Waals surface area contributed by atoms with E-state index in [1.807, 2.05) is 12.1 Å². The molecule has 0 spiro atoms. The van der Waals surface area contributed by atoms with Crippen LogP contribution >= 0.6 is 0 Å². The molecule has 392 valence electrons. The highest BCUT2D eigenvalue weighted by Gasteiger charge is 2.35. The SMILES string of the molecule is N#Cc1c(-n2c3ccccc3c3ccccc32)c(-n2c3ccccc3c3ccccc32)c(C#N)c(-n2c3ccc(-c4ccccc4-c4cccc5ccccc45)cc3c3ccc4c5ccccc5oc4c32)c1-n1c2ccccc2c2ccccc21. The van der Waals surface area contributed by atoms with E-state index in [-0.39, 0.29) is 0 Å². The van der Waals surface area contributed by atoms with Crippen molar-refractivity contribution >= 4 is 120 Å². The molecular weight excluding hydrogens is 1040 g/mol. The number of hydrogen-bond donors (Lipinski definition) is 0. The van der Waals surface area contributed by atoms with Crippen LogP contribution in [0.4, 0.5) is 0 Å². The van der Waals surface area contributed by atoms with Crippen LogP contribution in [0.5, 0.6) is 0 Å². The number of para-hydroxylation sites is 7. The summed E-state index contributed by atoms with van der Waals surface area (Å²) < 4.78 is 16.2. The predicted molar refractivity (Wildman–Crippen MR) is 349 cm³/mol. The van der Waals surface area contributed by atoms with Gasteiger partial charge in [-0.05, 0) is 93.7 Å². The molecule has 0 unspecified atom stereocenters. The van der Waals surface area contributed by atoms with Crippen LogP contribution < -0.4 is 0 Å². The molecule has 0 aliphatic carbocycles. The number of benzene rings is 13. The van der Waals surface area contributed by atoms with E-state index in [0.29, 0.717) is 39.5 Å². The molecule has 0 radical (unpaired) electrons. The van der Waals surface area contributed by atoms with E-state index in [1.165, 1.54) is 10.8 Å². The predicted octanol–water partition coefficient (Wildman–Crippen LogP) is 20.2. The van der Waals surface area contributed by atoms with Gasteiger partial charge >= 0.3 is 0 Å². The lowest BCUT2D eigenvalue weighted by Crippen LogP contribution is -2.16. The lowest BCUT2D eigenvalue weighted by Gasteiger charge is -2.27. The van der Waals surface area contributed by atoms with E-state index < -0.39 is 0 Å². The minimum atomic E-state index is 0.372. The van der Waals surface area contributed by atoms with Crippen molar-refractivity contribution < 1.29 is 4.42 Å². The molecule has 0 aliphatic heterocycles. The number of nitriles is 2. The van der Waals surface area contributed by atoms with Gasteiger partial charge in [0.25, 0.3) is 0 Å². The Hall–Kier alpha value is -11.9. The lowest BCUT2D eigenvalue weighted by molar-refractivity contribution is 0.671. The number of hydrogen-bond acceptors (Lipinski definition) is 3. The van der Waals surface area contributed by atoms with Crippen LogP contribution in [0.25, 0.3) is 165 Å². The van der Waals surface area contributed by atoms with Gasteiger partial charge in [-0.1, -0.05) is 206 Å². The van der Waals surface area contributed by atoms with E-state index >= 15 is 0 Å². The van der Waals surface area contributed by atoms with E-state index in [2.05, 4.69) is 285 Å². The monoisotopic (exact) mass is 1080 g/mol. The molecule has 0 saturated heterocycles. The lowest BCUT2D eigenvalue weighted by atomic mass is 9.91. The second kappa shape index (κ2) is 17.8. The van der Waals surface area contributed by atoms with Crippen molar-refractivity contribution in [2.24, 2.45) is 0 Å². The second-order valence-corrected chi connectivity index (χ2v) is 22.1. The molecule has 0 atom stereocenters. The standard InChI is InChI=1S/C78H44N6O/c79-45-63-73(81-65-33-12-5-25-53(65)54-26-6-13-34-66(54)81)74(82-67-35-14-7-27-55(67)56-28-8-15-36-68(56)82)64(46-80)76(75(63)83-69-37-16-9-29-57(69)58-30-10-17-38-70(58)83)84-71-43-40-48(50-23-3-4-24-51(50)52-32-19-21-47-20-1-2-22-49(47)52)44-62(71)60-41-42-61-59-31-11-18-39-72(59)85-78(61)77(60)84/h1-44H. The molecule has 0 fully saturated rings. The van der Waals surface area contributed by atoms with E-state index in [0.717, 1.165) is 126 Å². The third-order valence-corrected chi connectivity index (χ3v) is 17.8. The molecule has 5 heterocycles. The van der Waals surface area contributed by atoms with Crippen LogP contribution in [0, 0.1) is 22.7 Å². The number of fused-ring (bicyclic) bond motifs is 17. The first-order valence-corrected chi connectivity index (χ1v) is 28.6. The molecular formula is C78H44N6O. The first-order chi connectivity index (χ1) is 42.2. The van der Waals surface area contributed by atoms with Crippen molar-refractivity contribution in [2.45, 2.75) is 0 Å². The molecule has 0 bridgehead atoms. The normalized spacial score (nSPS) is 12.0. The topological polar surface area (TPSA) is 80.4 Å². The highest BCUT2D eigenvalue weighted by atomic mass is 16.3. The first kappa shape index (κ1) is 46.8. The first-order valence-electron chi connectivity index (χ1n) is 28.6. The summed E-state index contributed by atoms with van der Waals surface area (Å²) in [7, 11) is 0. The third kappa shape index (κ3) is 6.41. The van der Waals surface area contributed by atoms with Crippen LogP contribution in [-0.2, 0) is 0 Å². The summed E-state index contributed by atoms with van der Waals surface area (Å²) in [4.78, 5) is 0. The maximum atomic E-state index is 13.0. The maximum absolute atomic E-state index is 13.0. The van der Waals surface area contributed by atoms with Gasteiger partial charge in [-0.25, -0.2) is 0 Å². The zero-order valence-corrected chi connectivity index (χ0v) is 45.5. The van der Waals surface area contributed by atoms with Gasteiger partial charge in [0.1, 0.15) is 28.8 Å². The van der Waals surface area contributed by atoms with Gasteiger partial charge in [0, 0.05) is 53.9 Å². The molecule has 0 aliphatic rings. The zero-order valence-electron chi connectivity index (χ0n) is 45.5. The Kier molecular flexibility index (Phi) is 9.80. The molecule has 0 amide bonds. The van der Waals surface area contributed by atoms with Gasteiger partial charge in [-0.3, -0.25) is 0 Å². The Morgan fingerprint density at radius 1 is 0.271 bits per heavy atom. The number of rotatable bonds is 6. The summed E-state index contributed by atoms with van der Waals surface area (Å²) in [6, 6.07) is 99.6. The minimum Gasteiger partial charge on any atom is -0.454 e. The van der Waals surface area contributed by atoms with Crippen LogP contribution in [0.3, 0.4) is 0 Å². The number of nitrogens with zero attached hydrogens (tertiary/aromatic N) is 6. The van der Waals surface area contributed by atoms with Crippen LogP contribution in [0.1, 0.15) is 11.1 Å². The van der Waals surface area contributed by atoms with Crippen molar-refractivity contribution in [3.05, 3.63) is 278 Å². The fourth-order valence-corrected chi connectivity index (χ4v) is 14.4. The Morgan fingerprint density at radius 2 is 0.647 bits per heavy atom. The van der Waals surface area contributed by atoms with E-state index in [1.54, 1.807) is 0 Å². The van der Waals surface area contributed by atoms with Gasteiger partial charge in [-0.2, -0.15) is 10.5 Å². The zero-order chi connectivity index (χ0) is 56.0. The smallest absolute Gasteiger partial charge is 0.160 e. The van der Waals surface area contributed by atoms with E-state index in [9.17, 15) is 10.5 Å². The molecule has 13 aromatic carbocycles. The molecule has 7 heteroatoms. The second-order valence-electron chi connectivity index (χ2n) is 22.1. The average Bonchev–Trinajstić information content (AvgIpc) is 1.70.